The first-order valence-electron chi connectivity index (χ1n) is 2.77. The summed E-state index contributed by atoms with van der Waals surface area (Å²) in [4.78, 5) is 0. The second kappa shape index (κ2) is 3.02. The average molecular weight is 150 g/mol. The van der Waals surface area contributed by atoms with Gasteiger partial charge in [-0.15, -0.1) is 0 Å². The van der Waals surface area contributed by atoms with E-state index in [0.717, 1.165) is 5.75 Å². The molecule has 0 amide bonds. The van der Waals surface area contributed by atoms with E-state index < -0.39 is 0 Å². The van der Waals surface area contributed by atoms with Gasteiger partial charge in [0, 0.05) is 11.0 Å². The zero-order valence-corrected chi connectivity index (χ0v) is 7.47. The Morgan fingerprint density at radius 3 is 1.75 bits per heavy atom. The highest BCUT2D eigenvalue weighted by Gasteiger charge is 2.18. The molecule has 0 aromatic carbocycles. The van der Waals surface area contributed by atoms with Gasteiger partial charge in [0.2, 0.25) is 0 Å². The van der Waals surface area contributed by atoms with E-state index in [1.54, 1.807) is 0 Å². The van der Waals surface area contributed by atoms with Crippen molar-refractivity contribution in [2.24, 2.45) is 5.41 Å². The average Bonchev–Trinajstić information content (AvgIpc) is 1.62. The fourth-order valence-corrected chi connectivity index (χ4v) is 0.822. The molecular weight excluding hydrogens is 136 g/mol. The van der Waals surface area contributed by atoms with Gasteiger partial charge in [0.25, 0.3) is 0 Å². The maximum absolute atomic E-state index is 4.33. The molecule has 0 rings (SSSR count). The minimum atomic E-state index is 0.296. The highest BCUT2D eigenvalue weighted by atomic mass is 32.1. The van der Waals surface area contributed by atoms with Gasteiger partial charge >= 0.3 is 0 Å². The third-order valence-electron chi connectivity index (χ3n) is 1.17. The van der Waals surface area contributed by atoms with Crippen LogP contribution in [0, 0.1) is 5.41 Å². The summed E-state index contributed by atoms with van der Waals surface area (Å²) in [6.45, 7) is 6.50. The van der Waals surface area contributed by atoms with Crippen molar-refractivity contribution in [2.75, 3.05) is 5.75 Å². The molecule has 8 heavy (non-hydrogen) atoms. The first kappa shape index (κ1) is 8.70. The molecule has 2 heteroatoms. The molecule has 0 aliphatic rings. The fourth-order valence-electron chi connectivity index (χ4n) is 0.274. The van der Waals surface area contributed by atoms with Crippen LogP contribution in [0.2, 0.25) is 0 Å². The number of rotatable bonds is 1. The zero-order valence-electron chi connectivity index (χ0n) is 5.68. The summed E-state index contributed by atoms with van der Waals surface area (Å²) in [5.41, 5.74) is 0.296. The standard InChI is InChI=1S/C6H14S2/c1-6(2,3)5(8)4-7/h5,7-8H,4H2,1-3H3/t5-/m1/s1. The van der Waals surface area contributed by atoms with E-state index in [9.17, 15) is 0 Å². The molecule has 0 aliphatic carbocycles. The Kier molecular flexibility index (Phi) is 3.28. The van der Waals surface area contributed by atoms with Crippen molar-refractivity contribution in [1.29, 1.82) is 0 Å². The molecule has 0 aliphatic heterocycles. The van der Waals surface area contributed by atoms with Crippen LogP contribution in [-0.2, 0) is 0 Å². The molecule has 1 atom stereocenters. The summed E-state index contributed by atoms with van der Waals surface area (Å²) < 4.78 is 0. The van der Waals surface area contributed by atoms with Crippen LogP contribution in [-0.4, -0.2) is 11.0 Å². The molecule has 0 unspecified atom stereocenters. The predicted molar refractivity (Wildman–Crippen MR) is 46.1 cm³/mol. The molecule has 0 saturated carbocycles. The van der Waals surface area contributed by atoms with Crippen molar-refractivity contribution in [3.05, 3.63) is 0 Å². The Morgan fingerprint density at radius 2 is 1.75 bits per heavy atom. The van der Waals surface area contributed by atoms with Gasteiger partial charge in [-0.2, -0.15) is 25.3 Å². The van der Waals surface area contributed by atoms with Gasteiger partial charge in [-0.1, -0.05) is 20.8 Å². The Balaban J connectivity index is 3.62. The van der Waals surface area contributed by atoms with Crippen LogP contribution in [0.5, 0.6) is 0 Å². The van der Waals surface area contributed by atoms with E-state index in [4.69, 9.17) is 0 Å². The molecule has 0 fully saturated rings. The molecular formula is C6H14S2. The maximum Gasteiger partial charge on any atom is 0.0153 e. The smallest absolute Gasteiger partial charge is 0.0153 e. The Bertz CT molecular complexity index is 63.4. The van der Waals surface area contributed by atoms with Gasteiger partial charge in [-0.3, -0.25) is 0 Å². The van der Waals surface area contributed by atoms with Crippen molar-refractivity contribution >= 4 is 25.3 Å². The van der Waals surface area contributed by atoms with Crippen LogP contribution >= 0.6 is 25.3 Å². The summed E-state index contributed by atoms with van der Waals surface area (Å²) in [7, 11) is 0. The van der Waals surface area contributed by atoms with Crippen molar-refractivity contribution in [3.8, 4) is 0 Å². The highest BCUT2D eigenvalue weighted by Crippen LogP contribution is 2.24. The molecule has 0 heterocycles. The lowest BCUT2D eigenvalue weighted by Gasteiger charge is -2.24. The van der Waals surface area contributed by atoms with Gasteiger partial charge in [0.15, 0.2) is 0 Å². The number of hydrogen-bond acceptors (Lipinski definition) is 2. The van der Waals surface area contributed by atoms with Crippen molar-refractivity contribution in [2.45, 2.75) is 26.0 Å². The van der Waals surface area contributed by atoms with E-state index in [1.165, 1.54) is 0 Å². The largest absolute Gasteiger partial charge is 0.178 e. The summed E-state index contributed by atoms with van der Waals surface area (Å²) in [6, 6.07) is 0. The highest BCUT2D eigenvalue weighted by molar-refractivity contribution is 7.84. The summed E-state index contributed by atoms with van der Waals surface area (Å²) in [6.07, 6.45) is 0. The zero-order chi connectivity index (χ0) is 6.78. The van der Waals surface area contributed by atoms with Gasteiger partial charge < -0.3 is 0 Å². The van der Waals surface area contributed by atoms with E-state index >= 15 is 0 Å². The molecule has 0 N–H and O–H groups in total. The summed E-state index contributed by atoms with van der Waals surface area (Å²) >= 11 is 8.47. The lowest BCUT2D eigenvalue weighted by atomic mass is 9.93. The Morgan fingerprint density at radius 1 is 1.38 bits per heavy atom. The van der Waals surface area contributed by atoms with Crippen molar-refractivity contribution < 1.29 is 0 Å². The van der Waals surface area contributed by atoms with Crippen molar-refractivity contribution in [1.82, 2.24) is 0 Å². The van der Waals surface area contributed by atoms with Gasteiger partial charge in [0.1, 0.15) is 0 Å². The lowest BCUT2D eigenvalue weighted by molar-refractivity contribution is 0.417. The van der Waals surface area contributed by atoms with E-state index in [1.807, 2.05) is 0 Å². The predicted octanol–water partition coefficient (Wildman–Crippen LogP) is 2.26. The second-order valence-electron chi connectivity index (χ2n) is 3.06. The molecule has 0 aromatic rings. The molecule has 0 nitrogen and oxygen atoms in total. The molecule has 0 radical (unpaired) electrons. The normalized spacial score (nSPS) is 16.1. The number of hydrogen-bond donors (Lipinski definition) is 2. The summed E-state index contributed by atoms with van der Waals surface area (Å²) in [5, 5.41) is 0.408. The molecule has 50 valence electrons. The van der Waals surface area contributed by atoms with Crippen molar-refractivity contribution in [3.63, 3.8) is 0 Å². The number of thiol groups is 2. The lowest BCUT2D eigenvalue weighted by Crippen LogP contribution is -2.21. The third-order valence-corrected chi connectivity index (χ3v) is 2.78. The SMILES string of the molecule is CC(C)(C)[C@H](S)CS. The minimum Gasteiger partial charge on any atom is -0.178 e. The van der Waals surface area contributed by atoms with E-state index in [0.29, 0.717) is 10.7 Å². The van der Waals surface area contributed by atoms with Crippen LogP contribution in [0.3, 0.4) is 0 Å². The minimum absolute atomic E-state index is 0.296. The van der Waals surface area contributed by atoms with Gasteiger partial charge in [0.05, 0.1) is 0 Å². The van der Waals surface area contributed by atoms with Gasteiger partial charge in [-0.05, 0) is 5.41 Å². The van der Waals surface area contributed by atoms with Crippen LogP contribution in [0.1, 0.15) is 20.8 Å². The first-order chi connectivity index (χ1) is 3.48. The third kappa shape index (κ3) is 2.88. The van der Waals surface area contributed by atoms with E-state index in [-0.39, 0.29) is 0 Å². The molecule has 0 spiro atoms. The monoisotopic (exact) mass is 150 g/mol. The quantitative estimate of drug-likeness (QED) is 0.526. The maximum atomic E-state index is 4.33. The van der Waals surface area contributed by atoms with Gasteiger partial charge in [-0.25, -0.2) is 0 Å². The first-order valence-corrected chi connectivity index (χ1v) is 3.92. The van der Waals surface area contributed by atoms with E-state index in [2.05, 4.69) is 46.0 Å². The molecule has 0 saturated heterocycles. The fraction of sp³-hybridized carbons (Fsp3) is 1.00. The summed E-state index contributed by atoms with van der Waals surface area (Å²) in [5.74, 6) is 0.854. The van der Waals surface area contributed by atoms with Crippen LogP contribution < -0.4 is 0 Å². The van der Waals surface area contributed by atoms with Crippen LogP contribution in [0.15, 0.2) is 0 Å². The molecule has 0 bridgehead atoms. The van der Waals surface area contributed by atoms with Crippen LogP contribution in [0.25, 0.3) is 0 Å². The molecule has 0 aromatic heterocycles. The Labute approximate surface area is 62.9 Å². The second-order valence-corrected chi connectivity index (χ2v) is 4.05. The topological polar surface area (TPSA) is 0 Å². The van der Waals surface area contributed by atoms with Crippen LogP contribution in [0.4, 0.5) is 0 Å². The Hall–Kier alpha value is 0.700.